The normalized spacial score (nSPS) is 16.4. The Morgan fingerprint density at radius 1 is 1.15 bits per heavy atom. The largest absolute Gasteiger partial charge is 0.398 e. The number of carbonyl (C=O) groups excluding carboxylic acids is 2. The van der Waals surface area contributed by atoms with Gasteiger partial charge >= 0.3 is 6.03 Å². The van der Waals surface area contributed by atoms with Crippen molar-refractivity contribution >= 4 is 40.6 Å². The number of carbonyl (C=O) groups is 2. The van der Waals surface area contributed by atoms with E-state index in [0.717, 1.165) is 24.1 Å². The van der Waals surface area contributed by atoms with Crippen LogP contribution in [0.4, 0.5) is 21.9 Å². The molecule has 0 saturated carbocycles. The van der Waals surface area contributed by atoms with E-state index in [4.69, 9.17) is 17.3 Å². The molecule has 0 atom stereocenters. The summed E-state index contributed by atoms with van der Waals surface area (Å²) >= 11 is 6.27. The Morgan fingerprint density at radius 3 is 2.77 bits per heavy atom. The highest BCUT2D eigenvalue weighted by atomic mass is 35.5. The van der Waals surface area contributed by atoms with Crippen LogP contribution in [0.25, 0.3) is 0 Å². The molecule has 2 aliphatic rings. The molecule has 26 heavy (non-hydrogen) atoms. The van der Waals surface area contributed by atoms with E-state index in [-0.39, 0.29) is 11.9 Å². The van der Waals surface area contributed by atoms with Crippen LogP contribution in [0.1, 0.15) is 22.3 Å². The number of nitrogen functional groups attached to an aromatic ring is 1. The average Bonchev–Trinajstić information content (AvgIpc) is 3.07. The van der Waals surface area contributed by atoms with Gasteiger partial charge in [0.05, 0.1) is 10.7 Å². The van der Waals surface area contributed by atoms with Gasteiger partial charge in [0, 0.05) is 36.6 Å². The molecule has 3 N–H and O–H groups in total. The quantitative estimate of drug-likeness (QED) is 0.797. The first kappa shape index (κ1) is 16.7. The van der Waals surface area contributed by atoms with E-state index in [2.05, 4.69) is 5.32 Å². The number of anilines is 3. The minimum Gasteiger partial charge on any atom is -0.398 e. The lowest BCUT2D eigenvalue weighted by molar-refractivity contribution is 0.0985. The molecule has 134 valence electrons. The first-order valence-corrected chi connectivity index (χ1v) is 8.98. The van der Waals surface area contributed by atoms with Crippen LogP contribution in [0.3, 0.4) is 0 Å². The van der Waals surface area contributed by atoms with Crippen molar-refractivity contribution in [2.45, 2.75) is 12.8 Å². The minimum absolute atomic E-state index is 0.117. The lowest BCUT2D eigenvalue weighted by atomic mass is 9.99. The number of halogens is 1. The average molecular weight is 371 g/mol. The van der Waals surface area contributed by atoms with Crippen molar-refractivity contribution in [1.29, 1.82) is 0 Å². The van der Waals surface area contributed by atoms with Crippen LogP contribution in [0.15, 0.2) is 36.4 Å². The third-order valence-electron chi connectivity index (χ3n) is 4.87. The topological polar surface area (TPSA) is 78.7 Å². The second kappa shape index (κ2) is 6.53. The number of nitrogens with zero attached hydrogens (tertiary/aromatic N) is 2. The van der Waals surface area contributed by atoms with Gasteiger partial charge in [0.2, 0.25) is 0 Å². The molecule has 2 aromatic rings. The molecule has 2 aliphatic heterocycles. The van der Waals surface area contributed by atoms with Crippen molar-refractivity contribution in [3.05, 3.63) is 52.5 Å². The summed E-state index contributed by atoms with van der Waals surface area (Å²) < 4.78 is 0. The number of amides is 3. The Bertz CT molecular complexity index is 899. The fraction of sp³-hybridized carbons (Fsp3) is 0.263. The summed E-state index contributed by atoms with van der Waals surface area (Å²) in [6, 6.07) is 10.5. The summed E-state index contributed by atoms with van der Waals surface area (Å²) in [5.41, 5.74) is 9.72. The van der Waals surface area contributed by atoms with Crippen LogP contribution in [-0.2, 0) is 6.42 Å². The van der Waals surface area contributed by atoms with Gasteiger partial charge in [0.15, 0.2) is 0 Å². The molecule has 2 aromatic carbocycles. The summed E-state index contributed by atoms with van der Waals surface area (Å²) in [6.45, 7) is 1.73. The molecule has 4 rings (SSSR count). The first-order valence-electron chi connectivity index (χ1n) is 8.60. The van der Waals surface area contributed by atoms with E-state index in [9.17, 15) is 9.59 Å². The minimum atomic E-state index is -0.201. The summed E-state index contributed by atoms with van der Waals surface area (Å²) in [7, 11) is 0. The lowest BCUT2D eigenvalue weighted by Gasteiger charge is -2.30. The van der Waals surface area contributed by atoms with Crippen LogP contribution in [0, 0.1) is 0 Å². The molecular weight excluding hydrogens is 352 g/mol. The smallest absolute Gasteiger partial charge is 0.322 e. The molecule has 0 spiro atoms. The van der Waals surface area contributed by atoms with Crippen molar-refractivity contribution in [2.24, 2.45) is 0 Å². The zero-order chi connectivity index (χ0) is 18.3. The molecule has 7 heteroatoms. The fourth-order valence-corrected chi connectivity index (χ4v) is 3.79. The van der Waals surface area contributed by atoms with Gasteiger partial charge in [-0.15, -0.1) is 0 Å². The summed E-state index contributed by atoms with van der Waals surface area (Å²) in [4.78, 5) is 28.4. The molecule has 1 fully saturated rings. The number of nitrogens with one attached hydrogen (secondary N) is 1. The van der Waals surface area contributed by atoms with Crippen molar-refractivity contribution in [2.75, 3.05) is 35.2 Å². The molecule has 0 bridgehead atoms. The van der Waals surface area contributed by atoms with Crippen LogP contribution >= 0.6 is 11.6 Å². The summed E-state index contributed by atoms with van der Waals surface area (Å²) in [5, 5.41) is 3.19. The van der Waals surface area contributed by atoms with Crippen molar-refractivity contribution in [1.82, 2.24) is 5.32 Å². The summed E-state index contributed by atoms with van der Waals surface area (Å²) in [6.07, 6.45) is 1.73. The monoisotopic (exact) mass is 370 g/mol. The van der Waals surface area contributed by atoms with Crippen LogP contribution in [-0.4, -0.2) is 31.6 Å². The molecule has 0 aliphatic carbocycles. The molecule has 0 aromatic heterocycles. The highest BCUT2D eigenvalue weighted by Gasteiger charge is 2.27. The Balaban J connectivity index is 1.70. The van der Waals surface area contributed by atoms with E-state index in [0.29, 0.717) is 41.6 Å². The van der Waals surface area contributed by atoms with Gasteiger partial charge in [-0.2, -0.15) is 0 Å². The fourth-order valence-electron chi connectivity index (χ4n) is 3.57. The maximum absolute atomic E-state index is 13.2. The van der Waals surface area contributed by atoms with Gasteiger partial charge in [-0.05, 0) is 48.7 Å². The molecule has 0 radical (unpaired) electrons. The van der Waals surface area contributed by atoms with Gasteiger partial charge in [0.1, 0.15) is 0 Å². The molecule has 6 nitrogen and oxygen atoms in total. The Kier molecular flexibility index (Phi) is 4.20. The van der Waals surface area contributed by atoms with Crippen LogP contribution < -0.4 is 20.9 Å². The molecular formula is C19H19ClN4O2. The molecule has 3 amide bonds. The van der Waals surface area contributed by atoms with E-state index in [1.807, 2.05) is 18.2 Å². The SMILES string of the molecule is Nc1cccc2c1CCCN2C(=O)c1ccc(Cl)c(N2CCNC2=O)c1. The molecule has 2 heterocycles. The zero-order valence-corrected chi connectivity index (χ0v) is 14.9. The van der Waals surface area contributed by atoms with E-state index < -0.39 is 0 Å². The molecule has 0 unspecified atom stereocenters. The second-order valence-electron chi connectivity index (χ2n) is 6.46. The zero-order valence-electron chi connectivity index (χ0n) is 14.2. The van der Waals surface area contributed by atoms with Crippen LogP contribution in [0.2, 0.25) is 5.02 Å². The Hall–Kier alpha value is -2.73. The standard InChI is InChI=1S/C19H19ClN4O2/c20-14-7-6-12(11-17(14)24-10-8-22-19(24)26)18(25)23-9-2-3-13-15(21)4-1-5-16(13)23/h1,4-7,11H,2-3,8-10,21H2,(H,22,26). The van der Waals surface area contributed by atoms with Crippen molar-refractivity contribution in [3.63, 3.8) is 0 Å². The summed E-state index contributed by atoms with van der Waals surface area (Å²) in [5.74, 6) is -0.117. The Labute approximate surface area is 156 Å². The van der Waals surface area contributed by atoms with Gasteiger partial charge in [-0.25, -0.2) is 4.79 Å². The van der Waals surface area contributed by atoms with Gasteiger partial charge in [0.25, 0.3) is 5.91 Å². The predicted octanol–water partition coefficient (Wildman–Crippen LogP) is 3.04. The molecule has 1 saturated heterocycles. The van der Waals surface area contributed by atoms with Crippen molar-refractivity contribution < 1.29 is 9.59 Å². The first-order chi connectivity index (χ1) is 12.6. The second-order valence-corrected chi connectivity index (χ2v) is 6.86. The van der Waals surface area contributed by atoms with E-state index >= 15 is 0 Å². The number of nitrogens with two attached hydrogens (primary N) is 1. The van der Waals surface area contributed by atoms with Crippen LogP contribution in [0.5, 0.6) is 0 Å². The number of hydrogen-bond acceptors (Lipinski definition) is 3. The third kappa shape index (κ3) is 2.76. The number of rotatable bonds is 2. The van der Waals surface area contributed by atoms with E-state index in [1.54, 1.807) is 28.0 Å². The maximum Gasteiger partial charge on any atom is 0.322 e. The van der Waals surface area contributed by atoms with Gasteiger partial charge in [-0.1, -0.05) is 17.7 Å². The number of hydrogen-bond donors (Lipinski definition) is 2. The number of benzene rings is 2. The highest BCUT2D eigenvalue weighted by molar-refractivity contribution is 6.34. The van der Waals surface area contributed by atoms with Crippen molar-refractivity contribution in [3.8, 4) is 0 Å². The third-order valence-corrected chi connectivity index (χ3v) is 5.19. The van der Waals surface area contributed by atoms with Gasteiger partial charge < -0.3 is 16.0 Å². The number of urea groups is 1. The highest BCUT2D eigenvalue weighted by Crippen LogP contribution is 2.34. The maximum atomic E-state index is 13.2. The van der Waals surface area contributed by atoms with E-state index in [1.165, 1.54) is 0 Å². The predicted molar refractivity (Wildman–Crippen MR) is 103 cm³/mol. The lowest BCUT2D eigenvalue weighted by Crippen LogP contribution is -2.36. The Morgan fingerprint density at radius 2 is 2.00 bits per heavy atom. The van der Waals surface area contributed by atoms with Gasteiger partial charge in [-0.3, -0.25) is 9.69 Å². The number of fused-ring (bicyclic) bond motifs is 1.